The van der Waals surface area contributed by atoms with Crippen molar-refractivity contribution in [2.24, 2.45) is 0 Å². The monoisotopic (exact) mass is 518 g/mol. The van der Waals surface area contributed by atoms with Gasteiger partial charge in [-0.1, -0.05) is 60.1 Å². The molecule has 1 aliphatic carbocycles. The van der Waals surface area contributed by atoms with E-state index in [0.717, 1.165) is 10.9 Å². The van der Waals surface area contributed by atoms with Gasteiger partial charge in [0.25, 0.3) is 15.9 Å². The average Bonchev–Trinajstić information content (AvgIpc) is 3.38. The lowest BCUT2D eigenvalue weighted by Crippen LogP contribution is -2.47. The molecular formula is C26H25ClF2N2O3S. The molecule has 1 heterocycles. The molecule has 1 unspecified atom stereocenters. The lowest BCUT2D eigenvalue weighted by molar-refractivity contribution is -0.125. The molecule has 1 saturated heterocycles. The minimum absolute atomic E-state index is 0.0163. The Balaban J connectivity index is 1.49. The molecule has 3 aromatic rings. The second-order valence-corrected chi connectivity index (χ2v) is 11.5. The third kappa shape index (κ3) is 4.43. The third-order valence-electron chi connectivity index (χ3n) is 7.24. The SMILES string of the molecule is O=C(NS(=O)(=O)c1cccc2ccccc12)C1(CCN2CCC(F)(F)C2)CCc2c(Cl)cccc21. The summed E-state index contributed by atoms with van der Waals surface area (Å²) in [4.78, 5) is 15.5. The Morgan fingerprint density at radius 3 is 2.54 bits per heavy atom. The van der Waals surface area contributed by atoms with Gasteiger partial charge in [-0.15, -0.1) is 0 Å². The third-order valence-corrected chi connectivity index (χ3v) is 8.98. The smallest absolute Gasteiger partial charge is 0.264 e. The highest BCUT2D eigenvalue weighted by molar-refractivity contribution is 7.90. The number of nitrogens with one attached hydrogen (secondary N) is 1. The van der Waals surface area contributed by atoms with Gasteiger partial charge in [-0.3, -0.25) is 9.69 Å². The van der Waals surface area contributed by atoms with Crippen molar-refractivity contribution in [3.63, 3.8) is 0 Å². The first-order valence-corrected chi connectivity index (χ1v) is 13.4. The van der Waals surface area contributed by atoms with Crippen molar-refractivity contribution in [1.82, 2.24) is 9.62 Å². The molecular weight excluding hydrogens is 494 g/mol. The van der Waals surface area contributed by atoms with Crippen LogP contribution >= 0.6 is 11.6 Å². The largest absolute Gasteiger partial charge is 0.297 e. The van der Waals surface area contributed by atoms with E-state index in [1.165, 1.54) is 6.07 Å². The number of hydrogen-bond donors (Lipinski definition) is 1. The van der Waals surface area contributed by atoms with E-state index in [4.69, 9.17) is 11.6 Å². The topological polar surface area (TPSA) is 66.5 Å². The second-order valence-electron chi connectivity index (χ2n) is 9.39. The summed E-state index contributed by atoms with van der Waals surface area (Å²) in [5.74, 6) is -3.40. The van der Waals surface area contributed by atoms with Crippen LogP contribution in [0.1, 0.15) is 30.4 Å². The molecule has 9 heteroatoms. The van der Waals surface area contributed by atoms with Gasteiger partial charge >= 0.3 is 0 Å². The first-order chi connectivity index (χ1) is 16.6. The molecule has 1 atom stereocenters. The molecule has 5 rings (SSSR count). The van der Waals surface area contributed by atoms with Crippen molar-refractivity contribution in [3.05, 3.63) is 76.8 Å². The highest BCUT2D eigenvalue weighted by Gasteiger charge is 2.48. The Morgan fingerprint density at radius 1 is 1.03 bits per heavy atom. The van der Waals surface area contributed by atoms with Crippen LogP contribution in [-0.2, 0) is 26.7 Å². The number of amides is 1. The van der Waals surface area contributed by atoms with Crippen LogP contribution in [0, 0.1) is 0 Å². The fourth-order valence-electron chi connectivity index (χ4n) is 5.39. The van der Waals surface area contributed by atoms with Crippen molar-refractivity contribution in [1.29, 1.82) is 0 Å². The summed E-state index contributed by atoms with van der Waals surface area (Å²) in [7, 11) is -4.20. The van der Waals surface area contributed by atoms with E-state index in [0.29, 0.717) is 28.8 Å². The first-order valence-electron chi connectivity index (χ1n) is 11.5. The predicted octanol–water partition coefficient (Wildman–Crippen LogP) is 4.91. The summed E-state index contributed by atoms with van der Waals surface area (Å²) >= 11 is 6.40. The van der Waals surface area contributed by atoms with Gasteiger partial charge in [0, 0.05) is 23.4 Å². The lowest BCUT2D eigenvalue weighted by atomic mass is 9.78. The number of nitrogens with zero attached hydrogens (tertiary/aromatic N) is 1. The van der Waals surface area contributed by atoms with Gasteiger partial charge in [-0.2, -0.15) is 0 Å². The van der Waals surface area contributed by atoms with E-state index in [1.807, 2.05) is 6.07 Å². The van der Waals surface area contributed by atoms with E-state index in [9.17, 15) is 22.0 Å². The number of likely N-dealkylation sites (tertiary alicyclic amines) is 1. The zero-order valence-electron chi connectivity index (χ0n) is 18.9. The van der Waals surface area contributed by atoms with Gasteiger partial charge in [0.05, 0.1) is 16.9 Å². The van der Waals surface area contributed by atoms with Crippen LogP contribution in [0.15, 0.2) is 65.6 Å². The van der Waals surface area contributed by atoms with Crippen LogP contribution < -0.4 is 4.72 Å². The van der Waals surface area contributed by atoms with E-state index < -0.39 is 27.3 Å². The molecule has 5 nitrogen and oxygen atoms in total. The molecule has 0 radical (unpaired) electrons. The fraction of sp³-hybridized carbons (Fsp3) is 0.346. The maximum atomic E-state index is 13.8. The maximum Gasteiger partial charge on any atom is 0.264 e. The molecule has 0 aromatic heterocycles. The number of carbonyl (C=O) groups excluding carboxylic acids is 1. The molecule has 184 valence electrons. The minimum atomic E-state index is -4.20. The van der Waals surface area contributed by atoms with Crippen LogP contribution in [-0.4, -0.2) is 44.8 Å². The van der Waals surface area contributed by atoms with Crippen molar-refractivity contribution in [2.45, 2.75) is 41.9 Å². The summed E-state index contributed by atoms with van der Waals surface area (Å²) < 4.78 is 56.7. The summed E-state index contributed by atoms with van der Waals surface area (Å²) in [6.07, 6.45) is 0.859. The van der Waals surface area contributed by atoms with Gasteiger partial charge in [0.15, 0.2) is 0 Å². The zero-order chi connectivity index (χ0) is 24.8. The summed E-state index contributed by atoms with van der Waals surface area (Å²) in [6.45, 7) is 0.131. The van der Waals surface area contributed by atoms with Gasteiger partial charge < -0.3 is 0 Å². The van der Waals surface area contributed by atoms with Crippen LogP contribution in [0.25, 0.3) is 10.8 Å². The van der Waals surface area contributed by atoms with E-state index in [2.05, 4.69) is 4.72 Å². The number of hydrogen-bond acceptors (Lipinski definition) is 4. The highest BCUT2D eigenvalue weighted by atomic mass is 35.5. The van der Waals surface area contributed by atoms with Gasteiger partial charge in [0.1, 0.15) is 0 Å². The molecule has 1 fully saturated rings. The number of sulfonamides is 1. The number of halogens is 3. The number of benzene rings is 3. The highest BCUT2D eigenvalue weighted by Crippen LogP contribution is 2.45. The first kappa shape index (κ1) is 24.2. The second kappa shape index (κ2) is 8.84. The number of fused-ring (bicyclic) bond motifs is 2. The van der Waals surface area contributed by atoms with E-state index in [-0.39, 0.29) is 37.4 Å². The van der Waals surface area contributed by atoms with Crippen molar-refractivity contribution < 1.29 is 22.0 Å². The van der Waals surface area contributed by atoms with Crippen LogP contribution in [0.5, 0.6) is 0 Å². The fourth-order valence-corrected chi connectivity index (χ4v) is 6.95. The molecule has 0 spiro atoms. The zero-order valence-corrected chi connectivity index (χ0v) is 20.5. The number of alkyl halides is 2. The summed E-state index contributed by atoms with van der Waals surface area (Å²) in [5.41, 5.74) is 0.288. The minimum Gasteiger partial charge on any atom is -0.297 e. The van der Waals surface area contributed by atoms with E-state index >= 15 is 0 Å². The Labute approximate surface area is 208 Å². The van der Waals surface area contributed by atoms with Crippen LogP contribution in [0.4, 0.5) is 8.78 Å². The Kier molecular flexibility index (Phi) is 6.10. The summed E-state index contributed by atoms with van der Waals surface area (Å²) in [6, 6.07) is 17.2. The molecule has 1 aliphatic heterocycles. The lowest BCUT2D eigenvalue weighted by Gasteiger charge is -2.31. The average molecular weight is 519 g/mol. The number of rotatable bonds is 6. The molecule has 1 amide bonds. The maximum absolute atomic E-state index is 13.8. The van der Waals surface area contributed by atoms with Gasteiger partial charge in [-0.05, 0) is 54.5 Å². The molecule has 0 saturated carbocycles. The van der Waals surface area contributed by atoms with Crippen LogP contribution in [0.3, 0.4) is 0 Å². The molecule has 3 aromatic carbocycles. The van der Waals surface area contributed by atoms with Crippen molar-refractivity contribution in [3.8, 4) is 0 Å². The van der Waals surface area contributed by atoms with E-state index in [1.54, 1.807) is 53.4 Å². The van der Waals surface area contributed by atoms with Gasteiger partial charge in [-0.25, -0.2) is 21.9 Å². The predicted molar refractivity (Wildman–Crippen MR) is 131 cm³/mol. The normalized spacial score (nSPS) is 21.8. The standard InChI is InChI=1S/C26H25ClF2N2O3S/c27-22-9-4-8-21-20(22)11-12-25(21,13-15-31-16-14-26(28,29)17-31)24(32)30-35(33,34)23-10-3-6-18-5-1-2-7-19(18)23/h1-10H,11-17H2,(H,30,32). The Hall–Kier alpha value is -2.55. The van der Waals surface area contributed by atoms with Crippen LogP contribution in [0.2, 0.25) is 5.02 Å². The number of carbonyl (C=O) groups is 1. The van der Waals surface area contributed by atoms with Gasteiger partial charge in [0.2, 0.25) is 5.91 Å². The molecule has 2 aliphatic rings. The molecule has 35 heavy (non-hydrogen) atoms. The Morgan fingerprint density at radius 2 is 1.77 bits per heavy atom. The molecule has 1 N–H and O–H groups in total. The molecule has 0 bridgehead atoms. The Bertz CT molecular complexity index is 1410. The quantitative estimate of drug-likeness (QED) is 0.503. The van der Waals surface area contributed by atoms with Crippen molar-refractivity contribution >= 4 is 38.3 Å². The van der Waals surface area contributed by atoms with Crippen molar-refractivity contribution in [2.75, 3.05) is 19.6 Å². The summed E-state index contributed by atoms with van der Waals surface area (Å²) in [5, 5.41) is 1.77.